The Morgan fingerprint density at radius 2 is 2.53 bits per heavy atom. The molecule has 0 aromatic carbocycles. The summed E-state index contributed by atoms with van der Waals surface area (Å²) in [7, 11) is 0. The van der Waals surface area contributed by atoms with Gasteiger partial charge in [-0.25, -0.2) is 4.98 Å². The fourth-order valence-corrected chi connectivity index (χ4v) is 3.05. The van der Waals surface area contributed by atoms with Crippen molar-refractivity contribution in [2.75, 3.05) is 19.6 Å². The third kappa shape index (κ3) is 4.00. The summed E-state index contributed by atoms with van der Waals surface area (Å²) in [5.41, 5.74) is 0. The molecule has 1 aliphatic heterocycles. The quantitative estimate of drug-likeness (QED) is 0.907. The molecule has 1 unspecified atom stereocenters. The van der Waals surface area contributed by atoms with Gasteiger partial charge < -0.3 is 5.32 Å². The van der Waals surface area contributed by atoms with Crippen LogP contribution in [0.2, 0.25) is 0 Å². The summed E-state index contributed by atoms with van der Waals surface area (Å²) in [5, 5.41) is 4.63. The molecule has 2 heterocycles. The number of hydrogen-bond donors (Lipinski definition) is 1. The summed E-state index contributed by atoms with van der Waals surface area (Å²) in [6, 6.07) is 0.604. The number of hydrogen-bond acceptors (Lipinski definition) is 4. The first-order chi connectivity index (χ1) is 6.74. The van der Waals surface area contributed by atoms with Crippen LogP contribution in [0.15, 0.2) is 9.98 Å². The van der Waals surface area contributed by atoms with Gasteiger partial charge in [0.15, 0.2) is 0 Å². The van der Waals surface area contributed by atoms with Gasteiger partial charge in [0.2, 0.25) is 0 Å². The highest BCUT2D eigenvalue weighted by Gasteiger charge is 2.16. The summed E-state index contributed by atoms with van der Waals surface area (Å²) in [6.07, 6.45) is 1.88. The molecule has 1 aliphatic rings. The molecule has 6 heteroatoms. The number of halogens is 2. The summed E-state index contributed by atoms with van der Waals surface area (Å²) in [5.74, 6) is 0. The smallest absolute Gasteiger partial charge is 0.108 e. The van der Waals surface area contributed by atoms with Gasteiger partial charge in [-0.2, -0.15) is 0 Å². The van der Waals surface area contributed by atoms with Crippen LogP contribution in [-0.2, 0) is 6.54 Å². The first-order valence-electron chi connectivity index (χ1n) is 4.80. The Morgan fingerprint density at radius 1 is 1.73 bits per heavy atom. The van der Waals surface area contributed by atoms with Gasteiger partial charge in [0.1, 0.15) is 5.01 Å². The van der Waals surface area contributed by atoms with E-state index in [1.165, 1.54) is 5.01 Å². The van der Waals surface area contributed by atoms with Crippen molar-refractivity contribution in [3.05, 3.63) is 15.0 Å². The predicted molar refractivity (Wildman–Crippen MR) is 69.8 cm³/mol. The van der Waals surface area contributed by atoms with Crippen LogP contribution in [0.1, 0.15) is 11.9 Å². The molecule has 0 spiro atoms. The zero-order valence-electron chi connectivity index (χ0n) is 8.57. The fraction of sp³-hybridized carbons (Fsp3) is 0.667. The standard InChI is InChI=1S/C9H14BrN3S.ClH/c1-7-5-13(3-2-11-7)6-9-12-4-8(10)14-9;/h4,7,11H,2-3,5-6H2,1H3;1H. The van der Waals surface area contributed by atoms with Crippen molar-refractivity contribution >= 4 is 39.7 Å². The third-order valence-electron chi connectivity index (χ3n) is 2.34. The van der Waals surface area contributed by atoms with Crippen molar-refractivity contribution in [1.82, 2.24) is 15.2 Å². The molecule has 2 rings (SSSR count). The van der Waals surface area contributed by atoms with Crippen LogP contribution in [0.5, 0.6) is 0 Å². The van der Waals surface area contributed by atoms with Crippen LogP contribution in [0.4, 0.5) is 0 Å². The molecular weight excluding hydrogens is 298 g/mol. The van der Waals surface area contributed by atoms with E-state index >= 15 is 0 Å². The summed E-state index contributed by atoms with van der Waals surface area (Å²) < 4.78 is 1.12. The van der Waals surface area contributed by atoms with Gasteiger partial charge in [-0.15, -0.1) is 23.7 Å². The van der Waals surface area contributed by atoms with E-state index in [4.69, 9.17) is 0 Å². The first-order valence-corrected chi connectivity index (χ1v) is 6.41. The Labute approximate surface area is 109 Å². The van der Waals surface area contributed by atoms with Gasteiger partial charge in [0.25, 0.3) is 0 Å². The largest absolute Gasteiger partial charge is 0.312 e. The minimum absolute atomic E-state index is 0. The van der Waals surface area contributed by atoms with Crippen molar-refractivity contribution in [2.24, 2.45) is 0 Å². The lowest BCUT2D eigenvalue weighted by atomic mass is 10.2. The second kappa shape index (κ2) is 6.15. The lowest BCUT2D eigenvalue weighted by Gasteiger charge is -2.30. The Hall–Kier alpha value is 0.320. The topological polar surface area (TPSA) is 28.2 Å². The summed E-state index contributed by atoms with van der Waals surface area (Å²) in [6.45, 7) is 6.55. The fourth-order valence-electron chi connectivity index (χ4n) is 1.71. The molecule has 1 saturated heterocycles. The van der Waals surface area contributed by atoms with E-state index in [1.54, 1.807) is 11.3 Å². The van der Waals surface area contributed by atoms with E-state index in [2.05, 4.69) is 38.1 Å². The number of nitrogens with one attached hydrogen (secondary N) is 1. The van der Waals surface area contributed by atoms with Crippen LogP contribution in [0.25, 0.3) is 0 Å². The number of aromatic nitrogens is 1. The van der Waals surface area contributed by atoms with Crippen LogP contribution >= 0.6 is 39.7 Å². The first kappa shape index (κ1) is 13.4. The van der Waals surface area contributed by atoms with Gasteiger partial charge in [0.05, 0.1) is 16.5 Å². The monoisotopic (exact) mass is 311 g/mol. The van der Waals surface area contributed by atoms with Gasteiger partial charge in [-0.05, 0) is 22.9 Å². The molecule has 3 nitrogen and oxygen atoms in total. The van der Waals surface area contributed by atoms with Gasteiger partial charge in [-0.3, -0.25) is 4.90 Å². The maximum atomic E-state index is 4.34. The van der Waals surface area contributed by atoms with Crippen molar-refractivity contribution < 1.29 is 0 Å². The Balaban J connectivity index is 0.00000112. The lowest BCUT2D eigenvalue weighted by Crippen LogP contribution is -2.48. The van der Waals surface area contributed by atoms with Gasteiger partial charge in [0, 0.05) is 25.7 Å². The van der Waals surface area contributed by atoms with Crippen molar-refractivity contribution in [1.29, 1.82) is 0 Å². The SMILES string of the molecule is CC1CN(Cc2ncc(Br)s2)CCN1.Cl. The maximum absolute atomic E-state index is 4.34. The van der Waals surface area contributed by atoms with Crippen molar-refractivity contribution in [3.8, 4) is 0 Å². The molecule has 1 fully saturated rings. The number of piperazine rings is 1. The average Bonchev–Trinajstić information content (AvgIpc) is 2.51. The van der Waals surface area contributed by atoms with Crippen molar-refractivity contribution in [2.45, 2.75) is 19.5 Å². The van der Waals surface area contributed by atoms with Crippen LogP contribution in [0.3, 0.4) is 0 Å². The van der Waals surface area contributed by atoms with Crippen LogP contribution in [0, 0.1) is 0 Å². The highest BCUT2D eigenvalue weighted by Crippen LogP contribution is 2.20. The minimum Gasteiger partial charge on any atom is -0.312 e. The van der Waals surface area contributed by atoms with E-state index in [1.807, 2.05) is 6.20 Å². The Bertz CT molecular complexity index is 307. The molecule has 1 atom stereocenters. The minimum atomic E-state index is 0. The molecular formula is C9H15BrClN3S. The zero-order valence-corrected chi connectivity index (χ0v) is 11.8. The molecule has 0 saturated carbocycles. The molecule has 15 heavy (non-hydrogen) atoms. The predicted octanol–water partition coefficient (Wildman–Crippen LogP) is 2.12. The molecule has 1 N–H and O–H groups in total. The highest BCUT2D eigenvalue weighted by molar-refractivity contribution is 9.11. The van der Waals surface area contributed by atoms with E-state index in [9.17, 15) is 0 Å². The number of rotatable bonds is 2. The van der Waals surface area contributed by atoms with Gasteiger partial charge in [-0.1, -0.05) is 0 Å². The van der Waals surface area contributed by atoms with Crippen LogP contribution < -0.4 is 5.32 Å². The van der Waals surface area contributed by atoms with E-state index in [0.29, 0.717) is 6.04 Å². The zero-order chi connectivity index (χ0) is 9.97. The molecule has 1 aromatic heterocycles. The molecule has 0 radical (unpaired) electrons. The number of thiazole rings is 1. The molecule has 0 amide bonds. The van der Waals surface area contributed by atoms with Gasteiger partial charge >= 0.3 is 0 Å². The average molecular weight is 313 g/mol. The third-order valence-corrected chi connectivity index (χ3v) is 3.80. The van der Waals surface area contributed by atoms with E-state index < -0.39 is 0 Å². The van der Waals surface area contributed by atoms with E-state index in [-0.39, 0.29) is 12.4 Å². The Morgan fingerprint density at radius 3 is 3.13 bits per heavy atom. The second-order valence-corrected chi connectivity index (χ2v) is 6.14. The van der Waals surface area contributed by atoms with Crippen molar-refractivity contribution in [3.63, 3.8) is 0 Å². The lowest BCUT2D eigenvalue weighted by molar-refractivity contribution is 0.199. The maximum Gasteiger partial charge on any atom is 0.108 e. The number of nitrogens with zero attached hydrogens (tertiary/aromatic N) is 2. The van der Waals surface area contributed by atoms with Crippen LogP contribution in [-0.4, -0.2) is 35.6 Å². The molecule has 0 bridgehead atoms. The second-order valence-electron chi connectivity index (χ2n) is 3.65. The summed E-state index contributed by atoms with van der Waals surface area (Å²) in [4.78, 5) is 6.80. The molecule has 1 aromatic rings. The van der Waals surface area contributed by atoms with E-state index in [0.717, 1.165) is 30.0 Å². The molecule has 86 valence electrons. The highest BCUT2D eigenvalue weighted by atomic mass is 79.9. The summed E-state index contributed by atoms with van der Waals surface area (Å²) >= 11 is 5.16. The Kier molecular flexibility index (Phi) is 5.49. The normalized spacial score (nSPS) is 22.4. The molecule has 0 aliphatic carbocycles.